The van der Waals surface area contributed by atoms with E-state index >= 15 is 0 Å². The Balaban J connectivity index is 1.25. The molecule has 0 radical (unpaired) electrons. The summed E-state index contributed by atoms with van der Waals surface area (Å²) in [4.78, 5) is 0. The van der Waals surface area contributed by atoms with Crippen molar-refractivity contribution in [2.24, 2.45) is 11.8 Å². The fraction of sp³-hybridized carbons (Fsp3) is 0.733. The first-order chi connectivity index (χ1) is 24.7. The van der Waals surface area contributed by atoms with Crippen LogP contribution in [0.2, 0.25) is 0 Å². The third kappa shape index (κ3) is 7.08. The maximum absolute atomic E-state index is 11.6. The fourth-order valence-electron chi connectivity index (χ4n) is 10.8. The van der Waals surface area contributed by atoms with Gasteiger partial charge in [0.25, 0.3) is 0 Å². The van der Waals surface area contributed by atoms with Crippen LogP contribution in [0.15, 0.2) is 24.3 Å². The standard InChI is InChI=1S/C45H66O7/c1-30-15-17-32(18-16-30)27-49-31(2)50-38-24-33-35(23-37(38)46)43(28-41(33,3)4)29-42(5,6)34-25-39(51-44(47-7)19-11-9-12-20-44)40(26-36(34)43)52-45(48-8)21-13-10-14-22-45/h23-26,30-32,46H,9-22,27-29H2,1-8H3. The number of rotatable bonds is 11. The number of fused-ring (bicyclic) bond motifs is 4. The van der Waals surface area contributed by atoms with Gasteiger partial charge in [-0.25, -0.2) is 0 Å². The van der Waals surface area contributed by atoms with Gasteiger partial charge in [-0.3, -0.25) is 0 Å². The van der Waals surface area contributed by atoms with E-state index < -0.39 is 17.9 Å². The minimum atomic E-state index is -0.690. The van der Waals surface area contributed by atoms with E-state index in [0.29, 0.717) is 18.3 Å². The highest BCUT2D eigenvalue weighted by Gasteiger charge is 2.57. The minimum absolute atomic E-state index is 0.149. The average Bonchev–Trinajstić information content (AvgIpc) is 3.47. The predicted octanol–water partition coefficient (Wildman–Crippen LogP) is 11.0. The van der Waals surface area contributed by atoms with Crippen molar-refractivity contribution in [3.8, 4) is 23.0 Å². The van der Waals surface area contributed by atoms with E-state index in [-0.39, 0.29) is 22.0 Å². The van der Waals surface area contributed by atoms with Crippen LogP contribution in [0.5, 0.6) is 23.0 Å². The van der Waals surface area contributed by atoms with Crippen molar-refractivity contribution in [2.45, 2.75) is 178 Å². The molecule has 0 aliphatic heterocycles. The lowest BCUT2D eigenvalue weighted by Crippen LogP contribution is -2.42. The largest absolute Gasteiger partial charge is 0.504 e. The van der Waals surface area contributed by atoms with E-state index in [1.807, 2.05) is 13.0 Å². The van der Waals surface area contributed by atoms with Crippen LogP contribution >= 0.6 is 0 Å². The van der Waals surface area contributed by atoms with Gasteiger partial charge in [-0.15, -0.1) is 0 Å². The molecule has 7 heteroatoms. The number of benzene rings is 2. The molecule has 0 heterocycles. The second kappa shape index (κ2) is 14.3. The summed E-state index contributed by atoms with van der Waals surface area (Å²) in [7, 11) is 3.56. The number of hydrogen-bond donors (Lipinski definition) is 1. The monoisotopic (exact) mass is 718 g/mol. The van der Waals surface area contributed by atoms with E-state index in [1.54, 1.807) is 14.2 Å². The highest BCUT2D eigenvalue weighted by molar-refractivity contribution is 5.65. The van der Waals surface area contributed by atoms with Crippen molar-refractivity contribution in [2.75, 3.05) is 20.8 Å². The second-order valence-corrected chi connectivity index (χ2v) is 18.6. The Kier molecular flexibility index (Phi) is 10.4. The summed E-state index contributed by atoms with van der Waals surface area (Å²) < 4.78 is 39.0. The van der Waals surface area contributed by atoms with E-state index in [1.165, 1.54) is 60.8 Å². The molecule has 3 saturated carbocycles. The Labute approximate surface area is 313 Å². The van der Waals surface area contributed by atoms with Crippen LogP contribution < -0.4 is 14.2 Å². The molecule has 0 saturated heterocycles. The number of ether oxygens (including phenoxy) is 6. The molecule has 0 amide bonds. The maximum Gasteiger partial charge on any atom is 0.210 e. The molecule has 0 bridgehead atoms. The molecule has 7 nitrogen and oxygen atoms in total. The number of phenols is 1. The Morgan fingerprint density at radius 3 is 1.62 bits per heavy atom. The Morgan fingerprint density at radius 1 is 0.654 bits per heavy atom. The summed E-state index contributed by atoms with van der Waals surface area (Å²) in [6.45, 7) is 14.4. The van der Waals surface area contributed by atoms with E-state index in [0.717, 1.165) is 81.6 Å². The first-order valence-corrected chi connectivity index (χ1v) is 20.6. The van der Waals surface area contributed by atoms with Gasteiger partial charge in [0.1, 0.15) is 0 Å². The fourth-order valence-corrected chi connectivity index (χ4v) is 10.8. The summed E-state index contributed by atoms with van der Waals surface area (Å²) in [5.41, 5.74) is 4.31. The zero-order valence-electron chi connectivity index (χ0n) is 33.5. The first-order valence-electron chi connectivity index (χ1n) is 20.6. The second-order valence-electron chi connectivity index (χ2n) is 18.6. The zero-order chi connectivity index (χ0) is 36.9. The molecule has 3 fully saturated rings. The topological polar surface area (TPSA) is 75.6 Å². The molecule has 1 N–H and O–H groups in total. The average molecular weight is 719 g/mol. The summed E-state index contributed by atoms with van der Waals surface area (Å²) >= 11 is 0. The van der Waals surface area contributed by atoms with Crippen molar-refractivity contribution in [1.82, 2.24) is 0 Å². The van der Waals surface area contributed by atoms with Gasteiger partial charge in [-0.2, -0.15) is 0 Å². The summed E-state index contributed by atoms with van der Waals surface area (Å²) in [5.74, 6) is 2.18. The van der Waals surface area contributed by atoms with Crippen molar-refractivity contribution >= 4 is 0 Å². The Bertz CT molecular complexity index is 1570. The third-order valence-corrected chi connectivity index (χ3v) is 13.7. The molecule has 2 aromatic carbocycles. The molecule has 2 atom stereocenters. The van der Waals surface area contributed by atoms with Crippen LogP contribution in [0.3, 0.4) is 0 Å². The van der Waals surface area contributed by atoms with Crippen LogP contribution in [0, 0.1) is 11.8 Å². The van der Waals surface area contributed by atoms with Gasteiger partial charge in [-0.1, -0.05) is 60.3 Å². The van der Waals surface area contributed by atoms with Crippen LogP contribution in [0.4, 0.5) is 0 Å². The van der Waals surface area contributed by atoms with E-state index in [9.17, 15) is 5.11 Å². The van der Waals surface area contributed by atoms with Crippen LogP contribution in [0.1, 0.15) is 167 Å². The number of hydrogen-bond acceptors (Lipinski definition) is 7. The highest BCUT2D eigenvalue weighted by atomic mass is 16.7. The first kappa shape index (κ1) is 37.8. The third-order valence-electron chi connectivity index (χ3n) is 13.7. The lowest BCUT2D eigenvalue weighted by molar-refractivity contribution is -0.196. The molecule has 52 heavy (non-hydrogen) atoms. The summed E-state index contributed by atoms with van der Waals surface area (Å²) in [6.07, 6.45) is 16.5. The van der Waals surface area contributed by atoms with Crippen molar-refractivity contribution in [1.29, 1.82) is 0 Å². The van der Waals surface area contributed by atoms with Gasteiger partial charge >= 0.3 is 0 Å². The molecule has 2 unspecified atom stereocenters. The molecule has 0 aromatic heterocycles. The van der Waals surface area contributed by atoms with Crippen LogP contribution in [-0.4, -0.2) is 43.8 Å². The SMILES string of the molecule is COC1(Oc2cc3c(cc2OC2(OC)CCCCC2)C2(CC(C)(C)c4cc(OC(C)OCC5CCC(C)CC5)c(O)cc42)CC3(C)C)CCCCC1. The van der Waals surface area contributed by atoms with Crippen LogP contribution in [0.25, 0.3) is 0 Å². The lowest BCUT2D eigenvalue weighted by atomic mass is 9.72. The molecule has 5 aliphatic rings. The van der Waals surface area contributed by atoms with Gasteiger partial charge in [0.2, 0.25) is 11.6 Å². The molecule has 7 rings (SSSR count). The summed E-state index contributed by atoms with van der Waals surface area (Å²) in [6, 6.07) is 8.62. The minimum Gasteiger partial charge on any atom is -0.504 e. The van der Waals surface area contributed by atoms with Gasteiger partial charge in [0.05, 0.1) is 6.61 Å². The molecule has 5 aliphatic carbocycles. The molecule has 2 aromatic rings. The highest BCUT2D eigenvalue weighted by Crippen LogP contribution is 2.65. The zero-order valence-corrected chi connectivity index (χ0v) is 33.5. The Hall–Kier alpha value is -2.48. The number of phenolic OH excluding ortho intramolecular Hbond substituents is 1. The Morgan fingerprint density at radius 2 is 1.12 bits per heavy atom. The number of aromatic hydroxyl groups is 1. The molecule has 288 valence electrons. The van der Waals surface area contributed by atoms with Gasteiger partial charge in [-0.05, 0) is 127 Å². The molecular formula is C45H66O7. The predicted molar refractivity (Wildman–Crippen MR) is 205 cm³/mol. The maximum atomic E-state index is 11.6. The summed E-state index contributed by atoms with van der Waals surface area (Å²) in [5, 5.41) is 11.6. The van der Waals surface area contributed by atoms with Gasteiger partial charge in [0, 0.05) is 45.3 Å². The molecular weight excluding hydrogens is 652 g/mol. The van der Waals surface area contributed by atoms with Crippen molar-refractivity contribution in [3.05, 3.63) is 46.5 Å². The van der Waals surface area contributed by atoms with E-state index in [4.69, 9.17) is 28.4 Å². The number of methoxy groups -OCH3 is 2. The van der Waals surface area contributed by atoms with Gasteiger partial charge < -0.3 is 33.5 Å². The lowest BCUT2D eigenvalue weighted by Gasteiger charge is -2.39. The van der Waals surface area contributed by atoms with E-state index in [2.05, 4.69) is 52.8 Å². The van der Waals surface area contributed by atoms with Gasteiger partial charge in [0.15, 0.2) is 29.3 Å². The van der Waals surface area contributed by atoms with Crippen LogP contribution in [-0.2, 0) is 30.5 Å². The quantitative estimate of drug-likeness (QED) is 0.232. The smallest absolute Gasteiger partial charge is 0.210 e. The van der Waals surface area contributed by atoms with Crippen molar-refractivity contribution in [3.63, 3.8) is 0 Å². The molecule has 1 spiro atoms. The van der Waals surface area contributed by atoms with Crippen molar-refractivity contribution < 1.29 is 33.5 Å². The normalized spacial score (nSPS) is 28.9.